The Balaban J connectivity index is 4.00. The zero-order chi connectivity index (χ0) is 2.83. The molecule has 1 heterocycles. The first-order valence-electron chi connectivity index (χ1n) is 1.00. The van der Waals surface area contributed by atoms with Gasteiger partial charge >= 0.3 is 0 Å². The molecule has 0 bridgehead atoms. The van der Waals surface area contributed by atoms with Crippen molar-refractivity contribution in [2.24, 2.45) is 0 Å². The topological polar surface area (TPSA) is 0 Å². The first-order valence-corrected chi connectivity index (χ1v) is 3.00. The van der Waals surface area contributed by atoms with E-state index >= 15 is 0 Å². The highest BCUT2D eigenvalue weighted by Crippen LogP contribution is 1.09. The lowest BCUT2D eigenvalue weighted by atomic mass is 11.9. The molecule has 0 fully saturated rings. The van der Waals surface area contributed by atoms with Gasteiger partial charge in [0.25, 0.3) is 0 Å². The van der Waals surface area contributed by atoms with Gasteiger partial charge < -0.3 is 0 Å². The quantitative estimate of drug-likeness (QED) is 0.339. The Morgan fingerprint density at radius 2 is 1.25 bits per heavy atom. The van der Waals surface area contributed by atoms with Crippen molar-refractivity contribution in [3.05, 3.63) is 0 Å². The highest BCUT2D eigenvalue weighted by atomic mass is 28.2. The SMILES string of the molecule is C1=[Si]=C=[Si]=1. The Morgan fingerprint density at radius 3 is 1.25 bits per heavy atom. The van der Waals surface area contributed by atoms with Crippen molar-refractivity contribution in [2.45, 2.75) is 0 Å². The van der Waals surface area contributed by atoms with Crippen molar-refractivity contribution in [3.63, 3.8) is 0 Å². The van der Waals surface area contributed by atoms with E-state index in [1.165, 1.54) is 0 Å². The summed E-state index contributed by atoms with van der Waals surface area (Å²) in [4.78, 5) is 6.11. The van der Waals surface area contributed by atoms with Gasteiger partial charge in [-0.2, -0.15) is 0 Å². The molecule has 1 aliphatic heterocycles. The van der Waals surface area contributed by atoms with Gasteiger partial charge in [0, 0.05) is 0 Å². The fourth-order valence-electron chi connectivity index (χ4n) is 0.0625. The van der Waals surface area contributed by atoms with Gasteiger partial charge in [0.15, 0.2) is 0 Å². The minimum atomic E-state index is 0.833. The van der Waals surface area contributed by atoms with Crippen molar-refractivity contribution in [3.8, 4) is 0 Å². The molecule has 0 saturated heterocycles. The molecule has 0 aromatic carbocycles. The molecule has 16 valence electrons. The number of hydrogen-bond acceptors (Lipinski definition) is 0. The molecular formula is C2Si2. The zero-order valence-corrected chi connectivity index (χ0v) is 4.00. The fourth-order valence-corrected chi connectivity index (χ4v) is 0.562. The molecule has 4 heavy (non-hydrogen) atoms. The van der Waals surface area contributed by atoms with Gasteiger partial charge in [-0.1, -0.05) is 9.85 Å². The maximum atomic E-state index is 3.06. The maximum absolute atomic E-state index is 3.06. The van der Waals surface area contributed by atoms with E-state index in [2.05, 4.69) is 9.85 Å². The van der Waals surface area contributed by atoms with Gasteiger partial charge in [-0.05, 0) is 0 Å². The lowest BCUT2D eigenvalue weighted by Crippen LogP contribution is -1.74. The number of hydrogen-bond donors (Lipinski definition) is 0. The first kappa shape index (κ1) is 2.24. The van der Waals surface area contributed by atoms with Crippen LogP contribution in [0.5, 0.6) is 0 Å². The summed E-state index contributed by atoms with van der Waals surface area (Å²) in [6.45, 7) is 0. The van der Waals surface area contributed by atoms with Crippen LogP contribution in [0.1, 0.15) is 0 Å². The molecule has 0 spiro atoms. The summed E-state index contributed by atoms with van der Waals surface area (Å²) in [5.74, 6) is 0. The van der Waals surface area contributed by atoms with E-state index in [0.29, 0.717) is 0 Å². The van der Waals surface area contributed by atoms with Crippen LogP contribution in [0.3, 0.4) is 0 Å². The molecule has 0 saturated carbocycles. The average molecular weight is 80.2 g/mol. The van der Waals surface area contributed by atoms with Gasteiger partial charge in [-0.25, -0.2) is 0 Å². The molecular weight excluding hydrogens is 80.2 g/mol. The van der Waals surface area contributed by atoms with Crippen LogP contribution in [-0.2, 0) is 0 Å². The summed E-state index contributed by atoms with van der Waals surface area (Å²) in [5.41, 5.74) is 0. The molecule has 0 atom stereocenters. The van der Waals surface area contributed by atoms with Gasteiger partial charge in [-0.15, -0.1) is 0 Å². The molecule has 1 rings (SSSR count). The highest BCUT2D eigenvalue weighted by molar-refractivity contribution is 6.84. The van der Waals surface area contributed by atoms with Crippen molar-refractivity contribution in [1.82, 2.24) is 0 Å². The van der Waals surface area contributed by atoms with E-state index < -0.39 is 0 Å². The summed E-state index contributed by atoms with van der Waals surface area (Å²) >= 11 is 0. The molecule has 0 N–H and O–H groups in total. The van der Waals surface area contributed by atoms with Crippen molar-refractivity contribution >= 4 is 27.3 Å². The molecule has 0 amide bonds. The Hall–Kier alpha value is -0.00623. The molecule has 0 aliphatic carbocycles. The van der Waals surface area contributed by atoms with Crippen molar-refractivity contribution in [2.75, 3.05) is 0 Å². The molecule has 0 radical (unpaired) electrons. The Labute approximate surface area is 28.2 Å². The fraction of sp³-hybridized carbons (Fsp3) is 0. The molecule has 1 aliphatic rings. The lowest BCUT2D eigenvalue weighted by Gasteiger charge is -1.42. The van der Waals surface area contributed by atoms with E-state index in [4.69, 9.17) is 0 Å². The second-order valence-corrected chi connectivity index (χ2v) is 3.00. The van der Waals surface area contributed by atoms with E-state index in [9.17, 15) is 0 Å². The normalized spacial score (nSPS) is 8.00. The molecule has 0 unspecified atom stereocenters. The number of rotatable bonds is 0. The zero-order valence-electron chi connectivity index (χ0n) is 2.00. The lowest BCUT2D eigenvalue weighted by molar-refractivity contribution is 3.92. The third kappa shape index (κ3) is 0.123. The van der Waals surface area contributed by atoms with Gasteiger partial charge in [0.1, 0.15) is 0 Å². The van der Waals surface area contributed by atoms with Crippen LogP contribution in [-0.4, -0.2) is 27.3 Å². The summed E-state index contributed by atoms with van der Waals surface area (Å²) in [6.07, 6.45) is 0. The standard InChI is InChI=1S/C2Si2/c1-3-2-4-1. The summed E-state index contributed by atoms with van der Waals surface area (Å²) in [7, 11) is 1.67. The average Bonchev–Trinajstić information content (AvgIpc) is 0.722. The Bertz CT molecular complexity index is 105. The van der Waals surface area contributed by atoms with Crippen LogP contribution in [0, 0.1) is 0 Å². The van der Waals surface area contributed by atoms with Gasteiger partial charge in [-0.3, -0.25) is 0 Å². The summed E-state index contributed by atoms with van der Waals surface area (Å²) in [6, 6.07) is 0. The second-order valence-electron chi connectivity index (χ2n) is 0.500. The van der Waals surface area contributed by atoms with E-state index in [1.54, 1.807) is 0 Å². The molecule has 0 aromatic heterocycles. The van der Waals surface area contributed by atoms with Gasteiger partial charge in [0.2, 0.25) is 0 Å². The van der Waals surface area contributed by atoms with Crippen LogP contribution in [0.15, 0.2) is 0 Å². The van der Waals surface area contributed by atoms with Crippen molar-refractivity contribution in [1.29, 1.82) is 0 Å². The Morgan fingerprint density at radius 1 is 1.00 bits per heavy atom. The van der Waals surface area contributed by atoms with Crippen molar-refractivity contribution < 1.29 is 0 Å². The van der Waals surface area contributed by atoms with Crippen LogP contribution < -0.4 is 0 Å². The molecule has 0 nitrogen and oxygen atoms in total. The van der Waals surface area contributed by atoms with E-state index in [0.717, 1.165) is 17.5 Å². The monoisotopic (exact) mass is 80.0 g/mol. The van der Waals surface area contributed by atoms with Gasteiger partial charge in [0.05, 0.1) is 17.5 Å². The summed E-state index contributed by atoms with van der Waals surface area (Å²) < 4.78 is 0. The third-order valence-electron chi connectivity index (χ3n) is 0.250. The molecule has 2 heteroatoms. The largest absolute Gasteiger partial charge is 0.0814 e. The minimum Gasteiger partial charge on any atom is -0.0814 e. The predicted molar refractivity (Wildman–Crippen MR) is 21.5 cm³/mol. The summed E-state index contributed by atoms with van der Waals surface area (Å²) in [5, 5.41) is 0. The van der Waals surface area contributed by atoms with Crippen LogP contribution in [0.2, 0.25) is 0 Å². The van der Waals surface area contributed by atoms with Crippen LogP contribution in [0.4, 0.5) is 0 Å². The highest BCUT2D eigenvalue weighted by Gasteiger charge is 1.42. The Kier molecular flexibility index (Phi) is 0.419. The van der Waals surface area contributed by atoms with Crippen LogP contribution in [0.25, 0.3) is 0 Å². The third-order valence-corrected chi connectivity index (χ3v) is 2.25. The first-order chi connectivity index (χ1) is 2.00. The van der Waals surface area contributed by atoms with Crippen LogP contribution >= 0.6 is 0 Å². The maximum Gasteiger partial charge on any atom is 0.0814 e. The second kappa shape index (κ2) is 0.746. The predicted octanol–water partition coefficient (Wildman–Crippen LogP) is -1.32. The van der Waals surface area contributed by atoms with E-state index in [1.807, 2.05) is 0 Å². The minimum absolute atomic E-state index is 0.833. The molecule has 0 aromatic rings. The van der Waals surface area contributed by atoms with E-state index in [-0.39, 0.29) is 0 Å². The smallest absolute Gasteiger partial charge is 0.0814 e.